The van der Waals surface area contributed by atoms with Crippen LogP contribution in [0, 0.1) is 0 Å². The number of nitrogens with one attached hydrogen (secondary N) is 1. The Kier molecular flexibility index (Phi) is 3.83. The van der Waals surface area contributed by atoms with Gasteiger partial charge in [0.2, 0.25) is 0 Å². The lowest BCUT2D eigenvalue weighted by molar-refractivity contribution is 0.175. The number of urea groups is 1. The van der Waals surface area contributed by atoms with Gasteiger partial charge in [-0.15, -0.1) is 0 Å². The van der Waals surface area contributed by atoms with Crippen molar-refractivity contribution >= 4 is 34.9 Å². The Morgan fingerprint density at radius 1 is 1.24 bits per heavy atom. The number of anilines is 1. The van der Waals surface area contributed by atoms with Crippen LogP contribution in [0.15, 0.2) is 36.5 Å². The van der Waals surface area contributed by atoms with Crippen LogP contribution in [0.3, 0.4) is 0 Å². The highest BCUT2D eigenvalue weighted by Gasteiger charge is 2.27. The number of fused-ring (bicyclic) bond motifs is 1. The van der Waals surface area contributed by atoms with Crippen LogP contribution in [-0.4, -0.2) is 22.0 Å². The van der Waals surface area contributed by atoms with Crippen LogP contribution in [0.2, 0.25) is 10.0 Å². The summed E-state index contributed by atoms with van der Waals surface area (Å²) >= 11 is 11.8. The number of carbonyl (C=O) groups excluding carboxylic acids is 1. The molecule has 2 aromatic rings. The highest BCUT2D eigenvalue weighted by atomic mass is 35.5. The van der Waals surface area contributed by atoms with Gasteiger partial charge in [0.15, 0.2) is 0 Å². The molecule has 0 unspecified atom stereocenters. The van der Waals surface area contributed by atoms with Crippen LogP contribution in [-0.2, 0) is 6.54 Å². The highest BCUT2D eigenvalue weighted by molar-refractivity contribution is 6.42. The Hall–Kier alpha value is -1.65. The zero-order chi connectivity index (χ0) is 15.0. The van der Waals surface area contributed by atoms with Crippen LogP contribution in [0.5, 0.6) is 0 Å². The minimum Gasteiger partial charge on any atom is -0.348 e. The SMILES string of the molecule is C[C@@H]1c2cccn2CCN1C(=O)Nc1ccc(Cl)c(Cl)c1. The van der Waals surface area contributed by atoms with Gasteiger partial charge in [-0.25, -0.2) is 4.79 Å². The lowest BCUT2D eigenvalue weighted by atomic mass is 10.1. The van der Waals surface area contributed by atoms with E-state index in [4.69, 9.17) is 23.2 Å². The van der Waals surface area contributed by atoms with Gasteiger partial charge in [-0.3, -0.25) is 0 Å². The molecule has 6 heteroatoms. The molecule has 21 heavy (non-hydrogen) atoms. The number of aromatic nitrogens is 1. The van der Waals surface area contributed by atoms with Gasteiger partial charge >= 0.3 is 6.03 Å². The van der Waals surface area contributed by atoms with Crippen molar-refractivity contribution in [2.45, 2.75) is 19.5 Å². The molecule has 1 aromatic heterocycles. The summed E-state index contributed by atoms with van der Waals surface area (Å²) in [5, 5.41) is 3.76. The first-order valence-corrected chi connectivity index (χ1v) is 7.49. The predicted octanol–water partition coefficient (Wildman–Crippen LogP) is 4.40. The Bertz CT molecular complexity index is 683. The lowest BCUT2D eigenvalue weighted by Gasteiger charge is -2.34. The fourth-order valence-electron chi connectivity index (χ4n) is 2.63. The van der Waals surface area contributed by atoms with Crippen molar-refractivity contribution in [1.82, 2.24) is 9.47 Å². The van der Waals surface area contributed by atoms with Gasteiger partial charge in [-0.1, -0.05) is 23.2 Å². The second-order valence-electron chi connectivity index (χ2n) is 5.05. The molecule has 0 fully saturated rings. The maximum absolute atomic E-state index is 12.4. The summed E-state index contributed by atoms with van der Waals surface area (Å²) in [5.41, 5.74) is 1.79. The van der Waals surface area contributed by atoms with Crippen molar-refractivity contribution in [2.24, 2.45) is 0 Å². The van der Waals surface area contributed by atoms with Crippen molar-refractivity contribution in [3.63, 3.8) is 0 Å². The quantitative estimate of drug-likeness (QED) is 0.829. The van der Waals surface area contributed by atoms with Crippen molar-refractivity contribution in [3.8, 4) is 0 Å². The molecule has 0 saturated carbocycles. The minimum atomic E-state index is -0.131. The third-order valence-electron chi connectivity index (χ3n) is 3.77. The first kappa shape index (κ1) is 14.3. The van der Waals surface area contributed by atoms with Gasteiger partial charge < -0.3 is 14.8 Å². The first-order chi connectivity index (χ1) is 10.1. The summed E-state index contributed by atoms with van der Waals surface area (Å²) in [6.45, 7) is 3.51. The number of rotatable bonds is 1. The molecule has 2 amide bonds. The largest absolute Gasteiger partial charge is 0.348 e. The maximum Gasteiger partial charge on any atom is 0.322 e. The maximum atomic E-state index is 12.4. The number of halogens is 2. The molecule has 1 N–H and O–H groups in total. The standard InChI is InChI=1S/C15H15Cl2N3O/c1-10-14-3-2-6-19(14)7-8-20(10)15(21)18-11-4-5-12(16)13(17)9-11/h2-6,9-10H,7-8H2,1H3,(H,18,21)/t10-/m1/s1. The van der Waals surface area contributed by atoms with E-state index in [1.165, 1.54) is 0 Å². The molecule has 0 spiro atoms. The van der Waals surface area contributed by atoms with Gasteiger partial charge in [0.25, 0.3) is 0 Å². The molecule has 0 radical (unpaired) electrons. The topological polar surface area (TPSA) is 37.3 Å². The smallest absolute Gasteiger partial charge is 0.322 e. The van der Waals surface area contributed by atoms with E-state index in [-0.39, 0.29) is 12.1 Å². The predicted molar refractivity (Wildman–Crippen MR) is 85.0 cm³/mol. The van der Waals surface area contributed by atoms with Crippen LogP contribution in [0.25, 0.3) is 0 Å². The molecule has 0 aliphatic carbocycles. The third-order valence-corrected chi connectivity index (χ3v) is 4.51. The number of carbonyl (C=O) groups is 1. The minimum absolute atomic E-state index is 0.0384. The van der Waals surface area contributed by atoms with E-state index in [2.05, 4.69) is 9.88 Å². The number of hydrogen-bond acceptors (Lipinski definition) is 1. The first-order valence-electron chi connectivity index (χ1n) is 6.74. The number of amides is 2. The lowest BCUT2D eigenvalue weighted by Crippen LogP contribution is -2.42. The third kappa shape index (κ3) is 2.74. The molecule has 0 bridgehead atoms. The molecule has 110 valence electrons. The van der Waals surface area contributed by atoms with E-state index < -0.39 is 0 Å². The summed E-state index contributed by atoms with van der Waals surface area (Å²) in [4.78, 5) is 14.3. The van der Waals surface area contributed by atoms with E-state index >= 15 is 0 Å². The normalized spacial score (nSPS) is 17.5. The Morgan fingerprint density at radius 2 is 2.05 bits per heavy atom. The molecule has 4 nitrogen and oxygen atoms in total. The zero-order valence-corrected chi connectivity index (χ0v) is 13.0. The zero-order valence-electron chi connectivity index (χ0n) is 11.5. The molecule has 1 aromatic carbocycles. The number of benzene rings is 1. The molecular formula is C15H15Cl2N3O. The van der Waals surface area contributed by atoms with Crippen molar-refractivity contribution in [1.29, 1.82) is 0 Å². The molecule has 1 aliphatic rings. The van der Waals surface area contributed by atoms with E-state index in [0.29, 0.717) is 22.3 Å². The molecule has 1 atom stereocenters. The van der Waals surface area contributed by atoms with Crippen LogP contribution >= 0.6 is 23.2 Å². The molecule has 3 rings (SSSR count). The van der Waals surface area contributed by atoms with Gasteiger partial charge in [-0.05, 0) is 37.3 Å². The summed E-state index contributed by atoms with van der Waals surface area (Å²) in [5.74, 6) is 0. The monoisotopic (exact) mass is 323 g/mol. The van der Waals surface area contributed by atoms with Crippen molar-refractivity contribution in [2.75, 3.05) is 11.9 Å². The fourth-order valence-corrected chi connectivity index (χ4v) is 2.92. The van der Waals surface area contributed by atoms with Crippen LogP contribution in [0.4, 0.5) is 10.5 Å². The Balaban J connectivity index is 1.75. The molecule has 1 aliphatic heterocycles. The Labute approximate surface area is 133 Å². The van der Waals surface area contributed by atoms with Gasteiger partial charge in [0.1, 0.15) is 0 Å². The van der Waals surface area contributed by atoms with E-state index in [9.17, 15) is 4.79 Å². The Morgan fingerprint density at radius 3 is 2.81 bits per heavy atom. The van der Waals surface area contributed by atoms with Crippen molar-refractivity contribution in [3.05, 3.63) is 52.3 Å². The van der Waals surface area contributed by atoms with E-state index in [0.717, 1.165) is 12.2 Å². The molecular weight excluding hydrogens is 309 g/mol. The highest BCUT2D eigenvalue weighted by Crippen LogP contribution is 2.28. The van der Waals surface area contributed by atoms with Gasteiger partial charge in [0.05, 0.1) is 16.1 Å². The van der Waals surface area contributed by atoms with E-state index in [1.54, 1.807) is 18.2 Å². The summed E-state index contributed by atoms with van der Waals surface area (Å²) in [6.07, 6.45) is 2.04. The fraction of sp³-hybridized carbons (Fsp3) is 0.267. The second kappa shape index (κ2) is 5.62. The summed E-state index contributed by atoms with van der Waals surface area (Å²) < 4.78 is 2.17. The molecule has 2 heterocycles. The van der Waals surface area contributed by atoms with Gasteiger partial charge in [-0.2, -0.15) is 0 Å². The molecule has 0 saturated heterocycles. The van der Waals surface area contributed by atoms with Crippen molar-refractivity contribution < 1.29 is 4.79 Å². The van der Waals surface area contributed by atoms with E-state index in [1.807, 2.05) is 30.2 Å². The number of nitrogens with zero attached hydrogens (tertiary/aromatic N) is 2. The average Bonchev–Trinajstić information content (AvgIpc) is 2.92. The van der Waals surface area contributed by atoms with Crippen LogP contribution in [0.1, 0.15) is 18.7 Å². The summed E-state index contributed by atoms with van der Waals surface area (Å²) in [7, 11) is 0. The van der Waals surface area contributed by atoms with Gasteiger partial charge in [0, 0.05) is 30.7 Å². The second-order valence-corrected chi connectivity index (χ2v) is 5.87. The average molecular weight is 324 g/mol. The summed E-state index contributed by atoms with van der Waals surface area (Å²) in [6, 6.07) is 9.02. The number of hydrogen-bond donors (Lipinski definition) is 1. The van der Waals surface area contributed by atoms with Crippen LogP contribution < -0.4 is 5.32 Å².